The molecule has 0 unspecified atom stereocenters. The normalized spacial score (nSPS) is 9.69. The fourth-order valence-corrected chi connectivity index (χ4v) is 2.30. The Bertz CT molecular complexity index is 914. The molecule has 0 amide bonds. The Kier molecular flexibility index (Phi) is 12.3. The van der Waals surface area contributed by atoms with Crippen LogP contribution in [0.4, 0.5) is 0 Å². The molecule has 0 radical (unpaired) electrons. The molecule has 0 aliphatic rings. The Balaban J connectivity index is 0.000000273. The van der Waals surface area contributed by atoms with Crippen LogP contribution in [0.2, 0.25) is 0 Å². The number of hydrogen-bond acceptors (Lipinski definition) is 7. The summed E-state index contributed by atoms with van der Waals surface area (Å²) in [6.07, 6.45) is 10.7. The molecule has 0 aliphatic heterocycles. The number of aryl methyl sites for hydroxylation is 3. The van der Waals surface area contributed by atoms with Crippen LogP contribution in [0.15, 0.2) is 49.3 Å². The number of hydrogen-bond donors (Lipinski definition) is 5. The smallest absolute Gasteiger partial charge is 0.414 e. The van der Waals surface area contributed by atoms with Gasteiger partial charge in [0.05, 0.1) is 25.0 Å². The van der Waals surface area contributed by atoms with Crippen LogP contribution in [-0.4, -0.2) is 65.1 Å². The Morgan fingerprint density at radius 2 is 1.91 bits per heavy atom. The molecule has 11 nitrogen and oxygen atoms in total. The second-order valence-corrected chi connectivity index (χ2v) is 6.49. The van der Waals surface area contributed by atoms with Crippen molar-refractivity contribution in [1.82, 2.24) is 19.5 Å². The van der Waals surface area contributed by atoms with E-state index >= 15 is 0 Å². The van der Waals surface area contributed by atoms with E-state index in [9.17, 15) is 5.11 Å². The van der Waals surface area contributed by atoms with E-state index in [4.69, 9.17) is 29.6 Å². The molecule has 0 saturated carbocycles. The number of aromatic amines is 1. The quantitative estimate of drug-likeness (QED) is 0.254. The zero-order valence-electron chi connectivity index (χ0n) is 17.7. The molecular formula is C21H28N4O7. The number of carbonyl (C=O) groups is 2. The number of phenols is 1. The van der Waals surface area contributed by atoms with Gasteiger partial charge >= 0.3 is 11.9 Å². The van der Waals surface area contributed by atoms with Gasteiger partial charge in [0.25, 0.3) is 0 Å². The van der Waals surface area contributed by atoms with Gasteiger partial charge in [-0.1, -0.05) is 6.07 Å². The van der Waals surface area contributed by atoms with Gasteiger partial charge in [-0.25, -0.2) is 19.6 Å². The molecule has 3 aromatic rings. The number of aromatic hydroxyl groups is 1. The van der Waals surface area contributed by atoms with Gasteiger partial charge < -0.3 is 34.7 Å². The first-order valence-corrected chi connectivity index (χ1v) is 9.74. The Labute approximate surface area is 185 Å². The molecule has 1 aromatic carbocycles. The first kappa shape index (κ1) is 26.2. The highest BCUT2D eigenvalue weighted by Gasteiger charge is 2.04. The van der Waals surface area contributed by atoms with Crippen LogP contribution >= 0.6 is 0 Å². The van der Waals surface area contributed by atoms with Crippen LogP contribution < -0.4 is 4.74 Å². The predicted octanol–water partition coefficient (Wildman–Crippen LogP) is 1.63. The zero-order valence-corrected chi connectivity index (χ0v) is 17.7. The number of phenolic OH excluding ortho intramolecular Hbond substituents is 1. The van der Waals surface area contributed by atoms with E-state index in [0.717, 1.165) is 37.1 Å². The Morgan fingerprint density at radius 3 is 2.44 bits per heavy atom. The van der Waals surface area contributed by atoms with Crippen LogP contribution in [0.1, 0.15) is 24.2 Å². The van der Waals surface area contributed by atoms with Crippen molar-refractivity contribution in [3.05, 3.63) is 60.7 Å². The molecule has 0 spiro atoms. The summed E-state index contributed by atoms with van der Waals surface area (Å²) in [6, 6.07) is 6.82. The molecule has 5 N–H and O–H groups in total. The third-order valence-electron chi connectivity index (χ3n) is 3.76. The number of aliphatic hydroxyl groups excluding tert-OH is 1. The minimum absolute atomic E-state index is 0.228. The predicted molar refractivity (Wildman–Crippen MR) is 114 cm³/mol. The minimum atomic E-state index is -1.82. The van der Waals surface area contributed by atoms with Gasteiger partial charge in [0.1, 0.15) is 11.5 Å². The number of carboxylic acids is 2. The number of nitrogens with one attached hydrogen (secondary N) is 1. The van der Waals surface area contributed by atoms with Crippen molar-refractivity contribution in [3.63, 3.8) is 0 Å². The van der Waals surface area contributed by atoms with Gasteiger partial charge in [0, 0.05) is 37.8 Å². The number of benzene rings is 1. The highest BCUT2D eigenvalue weighted by molar-refractivity contribution is 6.27. The second-order valence-electron chi connectivity index (χ2n) is 6.49. The molecular weight excluding hydrogens is 420 g/mol. The number of rotatable bonds is 8. The molecule has 0 aliphatic carbocycles. The largest absolute Gasteiger partial charge is 0.508 e. The topological polar surface area (TPSA) is 171 Å². The third kappa shape index (κ3) is 12.0. The monoisotopic (exact) mass is 448 g/mol. The maximum atomic E-state index is 9.23. The molecule has 0 fully saturated rings. The summed E-state index contributed by atoms with van der Waals surface area (Å²) in [5.41, 5.74) is 2.16. The average Bonchev–Trinajstić information content (AvgIpc) is 3.42. The van der Waals surface area contributed by atoms with Gasteiger partial charge in [0.2, 0.25) is 0 Å². The standard InChI is InChI=1S/C12H14N2O2.C7H12N2O.C2H2O4/c15-11-4-1-5-12(7-11)16-6-2-3-10-8-13-9-14-10;1-9-5-7(8-6-9)3-2-4-10;3-1(4)2(5)6/h1,4-5,7-9,15H,2-3,6H2,(H,13,14);5-6,10H,2-4H2,1H3;(H,3,4)(H,5,6). The van der Waals surface area contributed by atoms with Crippen molar-refractivity contribution in [2.24, 2.45) is 7.05 Å². The van der Waals surface area contributed by atoms with Gasteiger partial charge in [0.15, 0.2) is 0 Å². The first-order valence-electron chi connectivity index (χ1n) is 9.74. The summed E-state index contributed by atoms with van der Waals surface area (Å²) in [6.45, 7) is 0.874. The lowest BCUT2D eigenvalue weighted by atomic mass is 10.2. The minimum Gasteiger partial charge on any atom is -0.508 e. The van der Waals surface area contributed by atoms with Crippen LogP contribution in [0, 0.1) is 0 Å². The van der Waals surface area contributed by atoms with E-state index < -0.39 is 11.9 Å². The number of ether oxygens (including phenoxy) is 1. The summed E-state index contributed by atoms with van der Waals surface area (Å²) in [7, 11) is 1.94. The summed E-state index contributed by atoms with van der Waals surface area (Å²) < 4.78 is 7.40. The molecule has 174 valence electrons. The third-order valence-corrected chi connectivity index (χ3v) is 3.76. The lowest BCUT2D eigenvalue weighted by molar-refractivity contribution is -0.159. The molecule has 32 heavy (non-hydrogen) atoms. The van der Waals surface area contributed by atoms with Crippen molar-refractivity contribution < 1.29 is 34.8 Å². The van der Waals surface area contributed by atoms with Crippen LogP contribution in [0.25, 0.3) is 0 Å². The van der Waals surface area contributed by atoms with E-state index in [1.54, 1.807) is 30.9 Å². The van der Waals surface area contributed by atoms with E-state index in [0.29, 0.717) is 12.4 Å². The van der Waals surface area contributed by atoms with Crippen molar-refractivity contribution in [2.45, 2.75) is 25.7 Å². The Hall–Kier alpha value is -3.86. The molecule has 0 bridgehead atoms. The fraction of sp³-hybridized carbons (Fsp3) is 0.333. The molecule has 0 atom stereocenters. The van der Waals surface area contributed by atoms with E-state index in [2.05, 4.69) is 15.0 Å². The maximum absolute atomic E-state index is 9.23. The number of carboxylic acid groups (broad SMARTS) is 2. The number of aliphatic carboxylic acids is 2. The number of aromatic nitrogens is 4. The van der Waals surface area contributed by atoms with Gasteiger partial charge in [-0.3, -0.25) is 0 Å². The fourth-order valence-electron chi connectivity index (χ4n) is 2.30. The van der Waals surface area contributed by atoms with E-state index in [-0.39, 0.29) is 12.4 Å². The zero-order chi connectivity index (χ0) is 23.8. The highest BCUT2D eigenvalue weighted by atomic mass is 16.5. The van der Waals surface area contributed by atoms with Gasteiger partial charge in [-0.05, 0) is 37.8 Å². The lowest BCUT2D eigenvalue weighted by Gasteiger charge is -2.05. The van der Waals surface area contributed by atoms with Crippen LogP contribution in [-0.2, 0) is 29.5 Å². The summed E-state index contributed by atoms with van der Waals surface area (Å²) in [5, 5.41) is 32.5. The van der Waals surface area contributed by atoms with Crippen molar-refractivity contribution in [3.8, 4) is 11.5 Å². The summed E-state index contributed by atoms with van der Waals surface area (Å²) in [4.78, 5) is 29.3. The number of aliphatic hydroxyl groups is 1. The Morgan fingerprint density at radius 1 is 1.16 bits per heavy atom. The number of H-pyrrole nitrogens is 1. The molecule has 2 heterocycles. The lowest BCUT2D eigenvalue weighted by Crippen LogP contribution is -2.09. The van der Waals surface area contributed by atoms with Gasteiger partial charge in [-0.15, -0.1) is 0 Å². The average molecular weight is 448 g/mol. The van der Waals surface area contributed by atoms with Crippen molar-refractivity contribution in [1.29, 1.82) is 0 Å². The SMILES string of the molecule is Cn1cnc(CCCO)c1.O=C(O)C(=O)O.Oc1cccc(OCCCc2cnc[nH]2)c1. The highest BCUT2D eigenvalue weighted by Crippen LogP contribution is 2.17. The number of nitrogens with zero attached hydrogens (tertiary/aromatic N) is 3. The maximum Gasteiger partial charge on any atom is 0.414 e. The van der Waals surface area contributed by atoms with E-state index in [1.165, 1.54) is 0 Å². The van der Waals surface area contributed by atoms with Crippen molar-refractivity contribution >= 4 is 11.9 Å². The molecule has 3 rings (SSSR count). The molecule has 0 saturated heterocycles. The molecule has 2 aromatic heterocycles. The van der Waals surface area contributed by atoms with Gasteiger partial charge in [-0.2, -0.15) is 0 Å². The van der Waals surface area contributed by atoms with Crippen LogP contribution in [0.3, 0.4) is 0 Å². The van der Waals surface area contributed by atoms with Crippen LogP contribution in [0.5, 0.6) is 11.5 Å². The van der Waals surface area contributed by atoms with E-state index in [1.807, 2.05) is 30.1 Å². The molecule has 11 heteroatoms. The first-order chi connectivity index (χ1) is 15.3. The van der Waals surface area contributed by atoms with Crippen molar-refractivity contribution in [2.75, 3.05) is 13.2 Å². The number of imidazole rings is 2. The second kappa shape index (κ2) is 15.0. The summed E-state index contributed by atoms with van der Waals surface area (Å²) in [5.74, 6) is -2.72. The summed E-state index contributed by atoms with van der Waals surface area (Å²) >= 11 is 0.